The fraction of sp³-hybridized carbons (Fsp3) is 0.417. The van der Waals surface area contributed by atoms with Crippen molar-refractivity contribution in [3.05, 3.63) is 54.6 Å². The van der Waals surface area contributed by atoms with E-state index in [1.165, 1.54) is 0 Å². The van der Waals surface area contributed by atoms with E-state index in [2.05, 4.69) is 5.32 Å². The Kier molecular flexibility index (Phi) is 8.29. The lowest BCUT2D eigenvalue weighted by Crippen LogP contribution is -2.40. The predicted octanol–water partition coefficient (Wildman–Crippen LogP) is 4.45. The van der Waals surface area contributed by atoms with E-state index in [0.29, 0.717) is 25.0 Å². The summed E-state index contributed by atoms with van der Waals surface area (Å²) in [6.07, 6.45) is 3.96. The van der Waals surface area contributed by atoms with Crippen molar-refractivity contribution in [2.24, 2.45) is 11.8 Å². The number of hydrogen-bond acceptors (Lipinski definition) is 4. The fourth-order valence-corrected chi connectivity index (χ4v) is 3.92. The predicted molar refractivity (Wildman–Crippen MR) is 119 cm³/mol. The smallest absolute Gasteiger partial charge is 0.329 e. The first-order valence-corrected chi connectivity index (χ1v) is 10.6. The maximum atomic E-state index is 13.1. The first kappa shape index (κ1) is 22.6. The zero-order chi connectivity index (χ0) is 22.1. The molecular weight excluding hydrogens is 396 g/mol. The zero-order valence-corrected chi connectivity index (χ0v) is 17.8. The molecule has 0 bridgehead atoms. The quantitative estimate of drug-likeness (QED) is 0.618. The molecule has 166 valence electrons. The van der Waals surface area contributed by atoms with Gasteiger partial charge in [0.2, 0.25) is 0 Å². The van der Waals surface area contributed by atoms with Crippen LogP contribution >= 0.6 is 0 Å². The highest BCUT2D eigenvalue weighted by molar-refractivity contribution is 5.99. The molecule has 7 heteroatoms. The number of hydrogen-bond donors (Lipinski definition) is 2. The average molecular weight is 427 g/mol. The topological polar surface area (TPSA) is 88.1 Å². The lowest BCUT2D eigenvalue weighted by atomic mass is 9.82. The molecule has 31 heavy (non-hydrogen) atoms. The second-order valence-corrected chi connectivity index (χ2v) is 7.85. The number of carboxylic acid groups (broad SMARTS) is 1. The van der Waals surface area contributed by atoms with Crippen LogP contribution in [0.2, 0.25) is 0 Å². The Morgan fingerprint density at radius 2 is 1.58 bits per heavy atom. The third kappa shape index (κ3) is 6.72. The van der Waals surface area contributed by atoms with Crippen molar-refractivity contribution >= 4 is 23.4 Å². The van der Waals surface area contributed by atoms with Crippen LogP contribution in [0.15, 0.2) is 54.6 Å². The Balaban J connectivity index is 1.56. The van der Waals surface area contributed by atoms with Crippen LogP contribution in [-0.4, -0.2) is 44.0 Å². The number of nitrogens with one attached hydrogen (secondary N) is 1. The van der Waals surface area contributed by atoms with E-state index in [4.69, 9.17) is 14.6 Å². The summed E-state index contributed by atoms with van der Waals surface area (Å²) in [7, 11) is 1.61. The van der Waals surface area contributed by atoms with E-state index >= 15 is 0 Å². The highest BCUT2D eigenvalue weighted by atomic mass is 16.5. The molecule has 1 saturated carbocycles. The third-order valence-corrected chi connectivity index (χ3v) is 5.64. The first-order valence-electron chi connectivity index (χ1n) is 10.6. The van der Waals surface area contributed by atoms with Gasteiger partial charge in [0.25, 0.3) is 0 Å². The first-order chi connectivity index (χ1) is 15.1. The number of benzene rings is 2. The lowest BCUT2D eigenvalue weighted by molar-refractivity contribution is -0.142. The van der Waals surface area contributed by atoms with Gasteiger partial charge in [-0.3, -0.25) is 4.90 Å². The number of methoxy groups -OCH3 is 1. The van der Waals surface area contributed by atoms with E-state index in [-0.39, 0.29) is 12.6 Å². The van der Waals surface area contributed by atoms with Crippen LogP contribution in [-0.2, 0) is 9.53 Å². The van der Waals surface area contributed by atoms with Crippen LogP contribution in [0, 0.1) is 11.8 Å². The second kappa shape index (κ2) is 11.4. The molecule has 0 saturated heterocycles. The molecule has 2 amide bonds. The van der Waals surface area contributed by atoms with Gasteiger partial charge in [-0.05, 0) is 73.9 Å². The van der Waals surface area contributed by atoms with Crippen molar-refractivity contribution in [3.63, 3.8) is 0 Å². The molecule has 0 heterocycles. The normalized spacial score (nSPS) is 18.2. The fourth-order valence-electron chi connectivity index (χ4n) is 3.92. The summed E-state index contributed by atoms with van der Waals surface area (Å²) in [5.74, 6) is 0.608. The molecule has 0 aliphatic heterocycles. The molecule has 1 aliphatic rings. The molecular formula is C24H30N2O5. The van der Waals surface area contributed by atoms with Crippen LogP contribution < -0.4 is 15.0 Å². The van der Waals surface area contributed by atoms with Gasteiger partial charge in [0.1, 0.15) is 12.4 Å². The molecule has 0 unspecified atom stereocenters. The summed E-state index contributed by atoms with van der Waals surface area (Å²) in [4.78, 5) is 25.3. The zero-order valence-electron chi connectivity index (χ0n) is 17.8. The third-order valence-electron chi connectivity index (χ3n) is 5.64. The monoisotopic (exact) mass is 426 g/mol. The summed E-state index contributed by atoms with van der Waals surface area (Å²) < 4.78 is 10.5. The Morgan fingerprint density at radius 1 is 0.968 bits per heavy atom. The Hall–Kier alpha value is -3.06. The number of amides is 2. The highest BCUT2D eigenvalue weighted by Crippen LogP contribution is 2.30. The van der Waals surface area contributed by atoms with Crippen LogP contribution in [0.4, 0.5) is 16.2 Å². The average Bonchev–Trinajstić information content (AvgIpc) is 2.80. The van der Waals surface area contributed by atoms with Gasteiger partial charge < -0.3 is 19.9 Å². The molecule has 2 N–H and O–H groups in total. The maximum Gasteiger partial charge on any atom is 0.329 e. The summed E-state index contributed by atoms with van der Waals surface area (Å²) in [6.45, 7) is 0.863. The molecule has 2 aromatic rings. The molecule has 0 atom stereocenters. The van der Waals surface area contributed by atoms with E-state index in [9.17, 15) is 9.59 Å². The van der Waals surface area contributed by atoms with Crippen molar-refractivity contribution in [1.82, 2.24) is 5.32 Å². The highest BCUT2D eigenvalue weighted by Gasteiger charge is 2.24. The minimum Gasteiger partial charge on any atom is -0.497 e. The number of aliphatic carboxylic acids is 1. The van der Waals surface area contributed by atoms with Crippen molar-refractivity contribution in [1.29, 1.82) is 0 Å². The van der Waals surface area contributed by atoms with Gasteiger partial charge in [-0.15, -0.1) is 0 Å². The number of anilines is 2. The minimum absolute atomic E-state index is 0.164. The van der Waals surface area contributed by atoms with Crippen LogP contribution in [0.5, 0.6) is 5.75 Å². The second-order valence-electron chi connectivity index (χ2n) is 7.85. The van der Waals surface area contributed by atoms with E-state index < -0.39 is 5.97 Å². The number of urea groups is 1. The Morgan fingerprint density at radius 3 is 2.19 bits per heavy atom. The molecule has 3 rings (SSSR count). The van der Waals surface area contributed by atoms with Crippen molar-refractivity contribution in [3.8, 4) is 5.75 Å². The van der Waals surface area contributed by atoms with Crippen LogP contribution in [0.25, 0.3) is 0 Å². The summed E-state index contributed by atoms with van der Waals surface area (Å²) >= 11 is 0. The van der Waals surface area contributed by atoms with Crippen LogP contribution in [0.3, 0.4) is 0 Å². The number of carbonyl (C=O) groups excluding carboxylic acids is 1. The van der Waals surface area contributed by atoms with Gasteiger partial charge in [-0.2, -0.15) is 0 Å². The molecule has 7 nitrogen and oxygen atoms in total. The molecule has 2 aromatic carbocycles. The van der Waals surface area contributed by atoms with Gasteiger partial charge >= 0.3 is 12.0 Å². The van der Waals surface area contributed by atoms with E-state index in [1.807, 2.05) is 54.6 Å². The molecule has 0 spiro atoms. The summed E-state index contributed by atoms with van der Waals surface area (Å²) in [5.41, 5.74) is 1.56. The van der Waals surface area contributed by atoms with E-state index in [0.717, 1.165) is 42.8 Å². The van der Waals surface area contributed by atoms with Gasteiger partial charge in [0.15, 0.2) is 0 Å². The summed E-state index contributed by atoms with van der Waals surface area (Å²) in [5, 5.41) is 11.8. The number of carboxylic acids is 1. The largest absolute Gasteiger partial charge is 0.497 e. The molecule has 1 aliphatic carbocycles. The van der Waals surface area contributed by atoms with Gasteiger partial charge in [-0.25, -0.2) is 9.59 Å². The van der Waals surface area contributed by atoms with Gasteiger partial charge in [-0.1, -0.05) is 18.2 Å². The lowest BCUT2D eigenvalue weighted by Gasteiger charge is -2.29. The maximum absolute atomic E-state index is 13.1. The SMILES string of the molecule is COc1ccc(N(C(=O)NC[C@H]2CC[C@H](COCC(=O)O)CC2)c2ccccc2)cc1. The van der Waals surface area contributed by atoms with Crippen molar-refractivity contribution < 1.29 is 24.2 Å². The summed E-state index contributed by atoms with van der Waals surface area (Å²) in [6, 6.07) is 16.8. The standard InChI is InChI=1S/C24H30N2O5/c1-30-22-13-11-21(12-14-22)26(20-5-3-2-4-6-20)24(29)25-15-18-7-9-19(10-8-18)16-31-17-23(27)28/h2-6,11-14,18-19H,7-10,15-17H2,1H3,(H,25,29)(H,27,28)/t18-,19-. The number of nitrogens with zero attached hydrogens (tertiary/aromatic N) is 1. The molecule has 0 aromatic heterocycles. The number of carbonyl (C=O) groups is 2. The Bertz CT molecular complexity index is 833. The minimum atomic E-state index is -0.934. The number of para-hydroxylation sites is 1. The van der Waals surface area contributed by atoms with E-state index in [1.54, 1.807) is 12.0 Å². The van der Waals surface area contributed by atoms with Gasteiger partial charge in [0.05, 0.1) is 25.1 Å². The molecule has 1 fully saturated rings. The van der Waals surface area contributed by atoms with Crippen LogP contribution in [0.1, 0.15) is 25.7 Å². The number of rotatable bonds is 9. The number of ether oxygens (including phenoxy) is 2. The van der Waals surface area contributed by atoms with Crippen molar-refractivity contribution in [2.45, 2.75) is 25.7 Å². The van der Waals surface area contributed by atoms with Gasteiger partial charge in [0, 0.05) is 6.54 Å². The molecule has 0 radical (unpaired) electrons. The van der Waals surface area contributed by atoms with Crippen molar-refractivity contribution in [2.75, 3.05) is 31.8 Å². The Labute approximate surface area is 183 Å².